The molecule has 0 aromatic heterocycles. The summed E-state index contributed by atoms with van der Waals surface area (Å²) in [7, 11) is 4.23. The van der Waals surface area contributed by atoms with Crippen LogP contribution in [-0.2, 0) is 6.42 Å². The van der Waals surface area contributed by atoms with Gasteiger partial charge in [-0.1, -0.05) is 30.3 Å². The van der Waals surface area contributed by atoms with Gasteiger partial charge in [0.15, 0.2) is 0 Å². The van der Waals surface area contributed by atoms with Crippen molar-refractivity contribution < 1.29 is 0 Å². The second kappa shape index (κ2) is 9.20. The molecule has 2 nitrogen and oxygen atoms in total. The van der Waals surface area contributed by atoms with Gasteiger partial charge < -0.3 is 10.2 Å². The van der Waals surface area contributed by atoms with Crippen LogP contribution in [0.3, 0.4) is 0 Å². The van der Waals surface area contributed by atoms with E-state index in [4.69, 9.17) is 0 Å². The van der Waals surface area contributed by atoms with E-state index >= 15 is 0 Å². The van der Waals surface area contributed by atoms with Crippen LogP contribution in [0, 0.1) is 0 Å². The standard InChI is InChI=1S/C15H26N2/c1-16-12-8-14-17(2)13-7-6-11-15-9-4-3-5-10-15/h3-5,9-10,16H,6-8,11-14H2,1-2H3. The van der Waals surface area contributed by atoms with Crippen molar-refractivity contribution in [2.45, 2.75) is 25.7 Å². The lowest BCUT2D eigenvalue weighted by atomic mass is 10.1. The van der Waals surface area contributed by atoms with E-state index in [2.05, 4.69) is 47.6 Å². The number of nitrogens with zero attached hydrogens (tertiary/aromatic N) is 1. The highest BCUT2D eigenvalue weighted by Gasteiger charge is 1.98. The highest BCUT2D eigenvalue weighted by Crippen LogP contribution is 2.04. The summed E-state index contributed by atoms with van der Waals surface area (Å²) in [6.45, 7) is 3.54. The van der Waals surface area contributed by atoms with E-state index in [1.807, 2.05) is 7.05 Å². The van der Waals surface area contributed by atoms with Crippen LogP contribution >= 0.6 is 0 Å². The molecule has 1 aromatic rings. The molecular weight excluding hydrogens is 208 g/mol. The van der Waals surface area contributed by atoms with E-state index in [9.17, 15) is 0 Å². The molecule has 0 atom stereocenters. The summed E-state index contributed by atoms with van der Waals surface area (Å²) in [6, 6.07) is 10.8. The molecule has 0 aliphatic heterocycles. The third-order valence-electron chi connectivity index (χ3n) is 3.06. The van der Waals surface area contributed by atoms with Crippen molar-refractivity contribution in [2.75, 3.05) is 33.7 Å². The maximum Gasteiger partial charge on any atom is -0.000969 e. The number of rotatable bonds is 9. The predicted molar refractivity (Wildman–Crippen MR) is 75.4 cm³/mol. The van der Waals surface area contributed by atoms with Crippen LogP contribution < -0.4 is 5.32 Å². The topological polar surface area (TPSA) is 15.3 Å². The Morgan fingerprint density at radius 1 is 1.00 bits per heavy atom. The van der Waals surface area contributed by atoms with Crippen molar-refractivity contribution in [1.29, 1.82) is 0 Å². The zero-order valence-corrected chi connectivity index (χ0v) is 11.3. The molecule has 0 spiro atoms. The Morgan fingerprint density at radius 3 is 2.41 bits per heavy atom. The first-order chi connectivity index (χ1) is 8.33. The lowest BCUT2D eigenvalue weighted by Crippen LogP contribution is -2.23. The van der Waals surface area contributed by atoms with E-state index in [0.29, 0.717) is 0 Å². The van der Waals surface area contributed by atoms with Gasteiger partial charge in [-0.05, 0) is 65.0 Å². The van der Waals surface area contributed by atoms with Gasteiger partial charge in [0, 0.05) is 0 Å². The number of benzene rings is 1. The normalized spacial score (nSPS) is 11.0. The minimum Gasteiger partial charge on any atom is -0.320 e. The van der Waals surface area contributed by atoms with E-state index in [1.165, 1.54) is 44.3 Å². The first kappa shape index (κ1) is 14.2. The van der Waals surface area contributed by atoms with E-state index in [1.54, 1.807) is 0 Å². The number of unbranched alkanes of at least 4 members (excludes halogenated alkanes) is 1. The van der Waals surface area contributed by atoms with Crippen LogP contribution in [0.15, 0.2) is 30.3 Å². The van der Waals surface area contributed by atoms with Crippen LogP contribution in [-0.4, -0.2) is 38.6 Å². The van der Waals surface area contributed by atoms with Crippen molar-refractivity contribution >= 4 is 0 Å². The molecule has 1 rings (SSSR count). The third-order valence-corrected chi connectivity index (χ3v) is 3.06. The Hall–Kier alpha value is -0.860. The average Bonchev–Trinajstić information content (AvgIpc) is 2.36. The molecule has 0 radical (unpaired) electrons. The lowest BCUT2D eigenvalue weighted by Gasteiger charge is -2.16. The smallest absolute Gasteiger partial charge is 0.000969 e. The fraction of sp³-hybridized carbons (Fsp3) is 0.600. The molecule has 0 aliphatic rings. The first-order valence-electron chi connectivity index (χ1n) is 6.70. The molecule has 0 saturated heterocycles. The van der Waals surface area contributed by atoms with Crippen molar-refractivity contribution in [1.82, 2.24) is 10.2 Å². The lowest BCUT2D eigenvalue weighted by molar-refractivity contribution is 0.320. The van der Waals surface area contributed by atoms with Gasteiger partial charge in [-0.15, -0.1) is 0 Å². The van der Waals surface area contributed by atoms with E-state index < -0.39 is 0 Å². The molecule has 0 bridgehead atoms. The summed E-state index contributed by atoms with van der Waals surface area (Å²) >= 11 is 0. The van der Waals surface area contributed by atoms with E-state index in [-0.39, 0.29) is 0 Å². The number of hydrogen-bond acceptors (Lipinski definition) is 2. The maximum absolute atomic E-state index is 3.19. The predicted octanol–water partition coefficient (Wildman–Crippen LogP) is 2.55. The molecule has 0 fully saturated rings. The molecule has 17 heavy (non-hydrogen) atoms. The summed E-state index contributed by atoms with van der Waals surface area (Å²) in [6.07, 6.45) is 5.04. The van der Waals surface area contributed by atoms with E-state index in [0.717, 1.165) is 6.54 Å². The summed E-state index contributed by atoms with van der Waals surface area (Å²) in [5.41, 5.74) is 1.46. The molecule has 2 heteroatoms. The van der Waals surface area contributed by atoms with Crippen LogP contribution in [0.1, 0.15) is 24.8 Å². The fourth-order valence-corrected chi connectivity index (χ4v) is 1.99. The zero-order valence-electron chi connectivity index (χ0n) is 11.3. The van der Waals surface area contributed by atoms with Crippen molar-refractivity contribution in [3.05, 3.63) is 35.9 Å². The van der Waals surface area contributed by atoms with Crippen LogP contribution in [0.5, 0.6) is 0 Å². The number of hydrogen-bond donors (Lipinski definition) is 1. The Labute approximate surface area is 106 Å². The minimum atomic E-state index is 1.12. The van der Waals surface area contributed by atoms with Crippen molar-refractivity contribution in [3.8, 4) is 0 Å². The first-order valence-corrected chi connectivity index (χ1v) is 6.70. The second-order valence-corrected chi connectivity index (χ2v) is 4.70. The number of nitrogens with one attached hydrogen (secondary N) is 1. The summed E-state index contributed by atoms with van der Waals surface area (Å²) in [5, 5.41) is 3.19. The van der Waals surface area contributed by atoms with Gasteiger partial charge in [-0.25, -0.2) is 0 Å². The molecule has 0 heterocycles. The third kappa shape index (κ3) is 7.14. The molecular formula is C15H26N2. The van der Waals surface area contributed by atoms with Crippen LogP contribution in [0.2, 0.25) is 0 Å². The molecule has 0 aliphatic carbocycles. The second-order valence-electron chi connectivity index (χ2n) is 4.70. The monoisotopic (exact) mass is 234 g/mol. The van der Waals surface area contributed by atoms with Gasteiger partial charge >= 0.3 is 0 Å². The Morgan fingerprint density at radius 2 is 1.71 bits per heavy atom. The summed E-state index contributed by atoms with van der Waals surface area (Å²) in [4.78, 5) is 2.43. The van der Waals surface area contributed by atoms with Gasteiger partial charge in [-0.3, -0.25) is 0 Å². The molecule has 0 saturated carbocycles. The largest absolute Gasteiger partial charge is 0.320 e. The Bertz CT molecular complexity index is 272. The average molecular weight is 234 g/mol. The number of aryl methyl sites for hydroxylation is 1. The zero-order chi connectivity index (χ0) is 12.3. The van der Waals surface area contributed by atoms with Gasteiger partial charge in [0.25, 0.3) is 0 Å². The highest BCUT2D eigenvalue weighted by atomic mass is 15.1. The van der Waals surface area contributed by atoms with Gasteiger partial charge in [0.1, 0.15) is 0 Å². The highest BCUT2D eigenvalue weighted by molar-refractivity contribution is 5.14. The summed E-state index contributed by atoms with van der Waals surface area (Å²) < 4.78 is 0. The Balaban J connectivity index is 2.00. The minimum absolute atomic E-state index is 1.12. The molecule has 1 N–H and O–H groups in total. The quantitative estimate of drug-likeness (QED) is 0.661. The molecule has 96 valence electrons. The van der Waals surface area contributed by atoms with Crippen molar-refractivity contribution in [3.63, 3.8) is 0 Å². The van der Waals surface area contributed by atoms with Gasteiger partial charge in [0.2, 0.25) is 0 Å². The molecule has 1 aromatic carbocycles. The molecule has 0 amide bonds. The maximum atomic E-state index is 3.19. The fourth-order valence-electron chi connectivity index (χ4n) is 1.99. The summed E-state index contributed by atoms with van der Waals surface area (Å²) in [5.74, 6) is 0. The van der Waals surface area contributed by atoms with Gasteiger partial charge in [0.05, 0.1) is 0 Å². The van der Waals surface area contributed by atoms with Crippen molar-refractivity contribution in [2.24, 2.45) is 0 Å². The van der Waals surface area contributed by atoms with Crippen LogP contribution in [0.4, 0.5) is 0 Å². The molecule has 0 unspecified atom stereocenters. The van der Waals surface area contributed by atoms with Crippen LogP contribution in [0.25, 0.3) is 0 Å². The SMILES string of the molecule is CNCCCN(C)CCCCc1ccccc1. The Kier molecular flexibility index (Phi) is 7.69. The van der Waals surface area contributed by atoms with Gasteiger partial charge in [-0.2, -0.15) is 0 Å².